The molecule has 0 spiro atoms. The van der Waals surface area contributed by atoms with Crippen LogP contribution in [0.15, 0.2) is 18.3 Å². The molecule has 1 N–H and O–H groups in total. The number of aldehydes is 1. The average Bonchev–Trinajstić information content (AvgIpc) is 2.25. The molecule has 1 aromatic rings. The second-order valence-electron chi connectivity index (χ2n) is 3.99. The maximum absolute atomic E-state index is 10.4. The zero-order valence-electron chi connectivity index (χ0n) is 8.68. The molecule has 0 unspecified atom stereocenters. The molecular weight excluding hydrogens is 192 g/mol. The standard InChI is InChI=1S/C11H14N2O2/c1-2-11(15)7-13(8-11)10-4-3-9(6-14)12-5-10/h3-6,15H,2,7-8H2,1H3. The van der Waals surface area contributed by atoms with E-state index in [9.17, 15) is 9.90 Å². The van der Waals surface area contributed by atoms with E-state index < -0.39 is 5.60 Å². The number of pyridine rings is 1. The molecule has 0 radical (unpaired) electrons. The Balaban J connectivity index is 2.04. The topological polar surface area (TPSA) is 53.4 Å². The number of hydrogen-bond donors (Lipinski definition) is 1. The van der Waals surface area contributed by atoms with Crippen LogP contribution < -0.4 is 4.90 Å². The van der Waals surface area contributed by atoms with Crippen LogP contribution in [0, 0.1) is 0 Å². The lowest BCUT2D eigenvalue weighted by molar-refractivity contribution is 0.00849. The van der Waals surface area contributed by atoms with Crippen LogP contribution in [0.25, 0.3) is 0 Å². The summed E-state index contributed by atoms with van der Waals surface area (Å²) in [4.78, 5) is 16.4. The minimum absolute atomic E-state index is 0.435. The van der Waals surface area contributed by atoms with E-state index in [0.717, 1.165) is 18.4 Å². The highest BCUT2D eigenvalue weighted by Gasteiger charge is 2.39. The van der Waals surface area contributed by atoms with Gasteiger partial charge >= 0.3 is 0 Å². The van der Waals surface area contributed by atoms with E-state index in [0.29, 0.717) is 18.8 Å². The van der Waals surface area contributed by atoms with Crippen molar-refractivity contribution in [3.63, 3.8) is 0 Å². The summed E-state index contributed by atoms with van der Waals surface area (Å²) in [5.74, 6) is 0. The molecule has 0 aliphatic carbocycles. The summed E-state index contributed by atoms with van der Waals surface area (Å²) >= 11 is 0. The molecule has 1 aromatic heterocycles. The Morgan fingerprint density at radius 1 is 1.60 bits per heavy atom. The molecule has 0 amide bonds. The first-order chi connectivity index (χ1) is 7.17. The van der Waals surface area contributed by atoms with E-state index >= 15 is 0 Å². The van der Waals surface area contributed by atoms with Crippen LogP contribution in [0.2, 0.25) is 0 Å². The zero-order chi connectivity index (χ0) is 10.9. The average molecular weight is 206 g/mol. The van der Waals surface area contributed by atoms with Crippen LogP contribution in [0.3, 0.4) is 0 Å². The maximum atomic E-state index is 10.4. The summed E-state index contributed by atoms with van der Waals surface area (Å²) in [5.41, 5.74) is 0.854. The lowest BCUT2D eigenvalue weighted by Gasteiger charge is -2.47. The molecule has 4 heteroatoms. The van der Waals surface area contributed by atoms with Crippen LogP contribution >= 0.6 is 0 Å². The number of anilines is 1. The van der Waals surface area contributed by atoms with Gasteiger partial charge in [0.05, 0.1) is 17.5 Å². The number of hydrogen-bond acceptors (Lipinski definition) is 4. The van der Waals surface area contributed by atoms with Gasteiger partial charge in [-0.2, -0.15) is 0 Å². The summed E-state index contributed by atoms with van der Waals surface area (Å²) in [7, 11) is 0. The van der Waals surface area contributed by atoms with Crippen LogP contribution in [0.5, 0.6) is 0 Å². The molecule has 15 heavy (non-hydrogen) atoms. The van der Waals surface area contributed by atoms with Crippen LogP contribution in [0.4, 0.5) is 5.69 Å². The van der Waals surface area contributed by atoms with Crippen molar-refractivity contribution in [1.82, 2.24) is 4.98 Å². The summed E-state index contributed by atoms with van der Waals surface area (Å²) in [6.45, 7) is 3.27. The molecule has 4 nitrogen and oxygen atoms in total. The molecule has 2 rings (SSSR count). The van der Waals surface area contributed by atoms with Gasteiger partial charge in [0, 0.05) is 13.1 Å². The van der Waals surface area contributed by atoms with E-state index in [1.54, 1.807) is 12.3 Å². The SMILES string of the molecule is CCC1(O)CN(c2ccc(C=O)nc2)C1. The normalized spacial score (nSPS) is 18.4. The number of rotatable bonds is 3. The number of nitrogens with zero attached hydrogens (tertiary/aromatic N) is 2. The molecule has 1 saturated heterocycles. The van der Waals surface area contributed by atoms with Crippen molar-refractivity contribution in [2.24, 2.45) is 0 Å². The van der Waals surface area contributed by atoms with Gasteiger partial charge in [-0.3, -0.25) is 9.78 Å². The molecule has 1 aliphatic heterocycles. The van der Waals surface area contributed by atoms with Gasteiger partial charge in [-0.25, -0.2) is 0 Å². The van der Waals surface area contributed by atoms with E-state index in [4.69, 9.17) is 0 Å². The third-order valence-corrected chi connectivity index (χ3v) is 2.89. The molecule has 0 saturated carbocycles. The van der Waals surface area contributed by atoms with Crippen LogP contribution in [-0.4, -0.2) is 35.1 Å². The van der Waals surface area contributed by atoms with E-state index in [1.165, 1.54) is 0 Å². The van der Waals surface area contributed by atoms with Crippen molar-refractivity contribution in [1.29, 1.82) is 0 Å². The van der Waals surface area contributed by atoms with Gasteiger partial charge in [0.2, 0.25) is 0 Å². The number of carbonyl (C=O) groups is 1. The van der Waals surface area contributed by atoms with Crippen LogP contribution in [0.1, 0.15) is 23.8 Å². The largest absolute Gasteiger partial charge is 0.386 e. The van der Waals surface area contributed by atoms with Crippen molar-refractivity contribution in [3.05, 3.63) is 24.0 Å². The molecule has 0 atom stereocenters. The van der Waals surface area contributed by atoms with Gasteiger partial charge in [-0.05, 0) is 18.6 Å². The quantitative estimate of drug-likeness (QED) is 0.745. The van der Waals surface area contributed by atoms with Crippen molar-refractivity contribution in [2.75, 3.05) is 18.0 Å². The molecule has 0 bridgehead atoms. The fourth-order valence-corrected chi connectivity index (χ4v) is 1.72. The fourth-order valence-electron chi connectivity index (χ4n) is 1.72. The van der Waals surface area contributed by atoms with Gasteiger partial charge in [-0.15, -0.1) is 0 Å². The predicted molar refractivity (Wildman–Crippen MR) is 57.1 cm³/mol. The lowest BCUT2D eigenvalue weighted by atomic mass is 9.91. The van der Waals surface area contributed by atoms with Gasteiger partial charge in [0.25, 0.3) is 0 Å². The summed E-state index contributed by atoms with van der Waals surface area (Å²) in [5, 5.41) is 9.83. The second kappa shape index (κ2) is 3.62. The Bertz CT molecular complexity index is 355. The minimum atomic E-state index is -0.538. The summed E-state index contributed by atoms with van der Waals surface area (Å²) in [6, 6.07) is 3.54. The van der Waals surface area contributed by atoms with Gasteiger partial charge in [0.1, 0.15) is 5.69 Å². The van der Waals surface area contributed by atoms with Crippen molar-refractivity contribution in [2.45, 2.75) is 18.9 Å². The lowest BCUT2D eigenvalue weighted by Crippen LogP contribution is -2.61. The third kappa shape index (κ3) is 1.85. The fraction of sp³-hybridized carbons (Fsp3) is 0.455. The molecule has 1 fully saturated rings. The first kappa shape index (κ1) is 10.1. The van der Waals surface area contributed by atoms with Crippen LogP contribution in [-0.2, 0) is 0 Å². The van der Waals surface area contributed by atoms with Crippen molar-refractivity contribution in [3.8, 4) is 0 Å². The molecule has 0 aromatic carbocycles. The van der Waals surface area contributed by atoms with E-state index in [-0.39, 0.29) is 0 Å². The molecule has 1 aliphatic rings. The van der Waals surface area contributed by atoms with E-state index in [2.05, 4.69) is 4.98 Å². The van der Waals surface area contributed by atoms with Crippen molar-refractivity contribution >= 4 is 12.0 Å². The number of carbonyl (C=O) groups excluding carboxylic acids is 1. The Kier molecular flexibility index (Phi) is 2.44. The maximum Gasteiger partial charge on any atom is 0.168 e. The summed E-state index contributed by atoms with van der Waals surface area (Å²) < 4.78 is 0. The Labute approximate surface area is 88.6 Å². The highest BCUT2D eigenvalue weighted by molar-refractivity contribution is 5.72. The number of aromatic nitrogens is 1. The smallest absolute Gasteiger partial charge is 0.168 e. The molecular formula is C11H14N2O2. The van der Waals surface area contributed by atoms with Gasteiger partial charge < -0.3 is 10.0 Å². The third-order valence-electron chi connectivity index (χ3n) is 2.89. The first-order valence-electron chi connectivity index (χ1n) is 5.05. The molecule has 80 valence electrons. The Morgan fingerprint density at radius 2 is 2.33 bits per heavy atom. The predicted octanol–water partition coefficient (Wildman–Crippen LogP) is 0.855. The zero-order valence-corrected chi connectivity index (χ0v) is 8.68. The second-order valence-corrected chi connectivity index (χ2v) is 3.99. The number of aliphatic hydroxyl groups is 1. The minimum Gasteiger partial charge on any atom is -0.386 e. The Hall–Kier alpha value is -1.42. The highest BCUT2D eigenvalue weighted by atomic mass is 16.3. The Morgan fingerprint density at radius 3 is 2.80 bits per heavy atom. The van der Waals surface area contributed by atoms with Gasteiger partial charge in [0.15, 0.2) is 6.29 Å². The summed E-state index contributed by atoms with van der Waals surface area (Å²) in [6.07, 6.45) is 3.16. The molecule has 2 heterocycles. The van der Waals surface area contributed by atoms with E-state index in [1.807, 2.05) is 17.9 Å². The first-order valence-corrected chi connectivity index (χ1v) is 5.05. The van der Waals surface area contributed by atoms with Gasteiger partial charge in [-0.1, -0.05) is 6.92 Å². The highest BCUT2D eigenvalue weighted by Crippen LogP contribution is 2.29. The van der Waals surface area contributed by atoms with Crippen molar-refractivity contribution < 1.29 is 9.90 Å². The number of β-amino-alcohol motifs (C(OH)–C–C–N with tert-alkyl or cyclic N) is 1. The monoisotopic (exact) mass is 206 g/mol.